The number of benzene rings is 1. The number of aryl methyl sites for hydroxylation is 1. The van der Waals surface area contributed by atoms with E-state index in [-0.39, 0.29) is 11.9 Å². The van der Waals surface area contributed by atoms with Crippen molar-refractivity contribution in [2.24, 2.45) is 0 Å². The molecular weight excluding hydrogens is 298 g/mol. The van der Waals surface area contributed by atoms with Crippen molar-refractivity contribution in [1.82, 2.24) is 20.2 Å². The average Bonchev–Trinajstić information content (AvgIpc) is 2.77. The molecule has 7 heteroatoms. The van der Waals surface area contributed by atoms with Crippen molar-refractivity contribution in [2.45, 2.75) is 19.9 Å². The summed E-state index contributed by atoms with van der Waals surface area (Å²) in [5, 5.41) is 14.2. The minimum atomic E-state index is -0.257. The van der Waals surface area contributed by atoms with Gasteiger partial charge in [-0.15, -0.1) is 5.10 Å². The van der Waals surface area contributed by atoms with Gasteiger partial charge in [0.2, 0.25) is 0 Å². The summed E-state index contributed by atoms with van der Waals surface area (Å²) in [6, 6.07) is 7.09. The lowest BCUT2D eigenvalue weighted by Crippen LogP contribution is -2.13. The van der Waals surface area contributed by atoms with Gasteiger partial charge in [0.25, 0.3) is 11.9 Å². The van der Waals surface area contributed by atoms with Gasteiger partial charge in [-0.3, -0.25) is 10.1 Å². The van der Waals surface area contributed by atoms with E-state index in [4.69, 9.17) is 0 Å². The van der Waals surface area contributed by atoms with Crippen LogP contribution in [0.15, 0.2) is 28.7 Å². The SMILES string of the molecule is CCCn1nnc(NC(=O)c2cccc(Br)c2)n1. The van der Waals surface area contributed by atoms with Crippen LogP contribution in [0.3, 0.4) is 0 Å². The van der Waals surface area contributed by atoms with E-state index in [1.54, 1.807) is 18.2 Å². The highest BCUT2D eigenvalue weighted by Crippen LogP contribution is 2.12. The van der Waals surface area contributed by atoms with Gasteiger partial charge in [0, 0.05) is 10.0 Å². The fourth-order valence-corrected chi connectivity index (χ4v) is 1.79. The van der Waals surface area contributed by atoms with Gasteiger partial charge < -0.3 is 0 Å². The Morgan fingerprint density at radius 3 is 3.06 bits per heavy atom. The maximum Gasteiger partial charge on any atom is 0.270 e. The molecule has 94 valence electrons. The molecule has 0 saturated heterocycles. The quantitative estimate of drug-likeness (QED) is 0.938. The maximum absolute atomic E-state index is 11.9. The Balaban J connectivity index is 2.06. The third-order valence-corrected chi connectivity index (χ3v) is 2.68. The van der Waals surface area contributed by atoms with Crippen LogP contribution in [0.1, 0.15) is 23.7 Å². The van der Waals surface area contributed by atoms with Crippen molar-refractivity contribution >= 4 is 27.8 Å². The van der Waals surface area contributed by atoms with E-state index in [2.05, 4.69) is 36.7 Å². The molecule has 18 heavy (non-hydrogen) atoms. The van der Waals surface area contributed by atoms with Crippen LogP contribution in [-0.2, 0) is 6.54 Å². The van der Waals surface area contributed by atoms with Crippen molar-refractivity contribution in [2.75, 3.05) is 5.32 Å². The molecular formula is C11H12BrN5O. The molecule has 0 aliphatic rings. The monoisotopic (exact) mass is 309 g/mol. The number of rotatable bonds is 4. The third-order valence-electron chi connectivity index (χ3n) is 2.19. The summed E-state index contributed by atoms with van der Waals surface area (Å²) in [7, 11) is 0. The predicted octanol–water partition coefficient (Wildman–Crippen LogP) is 2.10. The van der Waals surface area contributed by atoms with Crippen molar-refractivity contribution < 1.29 is 4.79 Å². The number of amides is 1. The lowest BCUT2D eigenvalue weighted by molar-refractivity contribution is 0.102. The number of anilines is 1. The number of nitrogens with one attached hydrogen (secondary N) is 1. The lowest BCUT2D eigenvalue weighted by atomic mass is 10.2. The summed E-state index contributed by atoms with van der Waals surface area (Å²) in [6.07, 6.45) is 0.912. The Morgan fingerprint density at radius 2 is 2.33 bits per heavy atom. The summed E-state index contributed by atoms with van der Waals surface area (Å²) in [5.74, 6) is -0.0410. The number of carbonyl (C=O) groups excluding carboxylic acids is 1. The molecule has 0 spiro atoms. The first-order chi connectivity index (χ1) is 8.69. The Morgan fingerprint density at radius 1 is 1.50 bits per heavy atom. The molecule has 1 heterocycles. The van der Waals surface area contributed by atoms with Crippen LogP contribution in [0.2, 0.25) is 0 Å². The Labute approximate surface area is 113 Å². The summed E-state index contributed by atoms with van der Waals surface area (Å²) >= 11 is 3.31. The standard InChI is InChI=1S/C11H12BrN5O/c1-2-6-17-15-11(14-16-17)13-10(18)8-4-3-5-9(12)7-8/h3-5,7H,2,6H2,1H3,(H,13,15,18). The third kappa shape index (κ3) is 3.13. The van der Waals surface area contributed by atoms with E-state index in [9.17, 15) is 4.79 Å². The first-order valence-electron chi connectivity index (χ1n) is 5.54. The largest absolute Gasteiger partial charge is 0.288 e. The molecule has 2 aromatic rings. The van der Waals surface area contributed by atoms with Gasteiger partial charge in [-0.05, 0) is 29.8 Å². The molecule has 1 aromatic carbocycles. The lowest BCUT2D eigenvalue weighted by Gasteiger charge is -2.00. The van der Waals surface area contributed by atoms with E-state index in [1.165, 1.54) is 4.80 Å². The van der Waals surface area contributed by atoms with Crippen LogP contribution < -0.4 is 5.32 Å². The molecule has 0 unspecified atom stereocenters. The zero-order valence-corrected chi connectivity index (χ0v) is 11.4. The number of halogens is 1. The molecule has 2 rings (SSSR count). The van der Waals surface area contributed by atoms with E-state index in [1.807, 2.05) is 13.0 Å². The van der Waals surface area contributed by atoms with Crippen molar-refractivity contribution in [1.29, 1.82) is 0 Å². The van der Waals surface area contributed by atoms with Gasteiger partial charge in [-0.2, -0.15) is 4.80 Å². The van der Waals surface area contributed by atoms with Crippen LogP contribution in [0.25, 0.3) is 0 Å². The van der Waals surface area contributed by atoms with Gasteiger partial charge in [-0.25, -0.2) is 0 Å². The second-order valence-corrected chi connectivity index (χ2v) is 4.59. The number of hydrogen-bond donors (Lipinski definition) is 1. The molecule has 1 amide bonds. The molecule has 0 radical (unpaired) electrons. The first kappa shape index (κ1) is 12.7. The number of hydrogen-bond acceptors (Lipinski definition) is 4. The molecule has 0 fully saturated rings. The molecule has 0 aliphatic heterocycles. The van der Waals surface area contributed by atoms with E-state index in [0.717, 1.165) is 10.9 Å². The van der Waals surface area contributed by atoms with E-state index < -0.39 is 0 Å². The topological polar surface area (TPSA) is 72.7 Å². The molecule has 0 saturated carbocycles. The number of carbonyl (C=O) groups is 1. The fraction of sp³-hybridized carbons (Fsp3) is 0.273. The molecule has 0 aliphatic carbocycles. The first-order valence-corrected chi connectivity index (χ1v) is 6.33. The predicted molar refractivity (Wildman–Crippen MR) is 70.2 cm³/mol. The second kappa shape index (κ2) is 5.72. The highest BCUT2D eigenvalue weighted by Gasteiger charge is 2.09. The normalized spacial score (nSPS) is 10.3. The Hall–Kier alpha value is -1.76. The minimum absolute atomic E-state index is 0.216. The van der Waals surface area contributed by atoms with Gasteiger partial charge in [-0.1, -0.05) is 34.0 Å². The van der Waals surface area contributed by atoms with Gasteiger partial charge in [0.1, 0.15) is 0 Å². The van der Waals surface area contributed by atoms with Crippen molar-refractivity contribution in [3.05, 3.63) is 34.3 Å². The minimum Gasteiger partial charge on any atom is -0.288 e. The smallest absolute Gasteiger partial charge is 0.270 e. The van der Waals surface area contributed by atoms with Crippen LogP contribution in [0.5, 0.6) is 0 Å². The molecule has 1 N–H and O–H groups in total. The molecule has 1 aromatic heterocycles. The number of aromatic nitrogens is 4. The average molecular weight is 310 g/mol. The Bertz CT molecular complexity index is 554. The highest BCUT2D eigenvalue weighted by atomic mass is 79.9. The van der Waals surface area contributed by atoms with E-state index >= 15 is 0 Å². The van der Waals surface area contributed by atoms with E-state index in [0.29, 0.717) is 12.1 Å². The van der Waals surface area contributed by atoms with Crippen molar-refractivity contribution in [3.63, 3.8) is 0 Å². The van der Waals surface area contributed by atoms with Gasteiger partial charge >= 0.3 is 0 Å². The maximum atomic E-state index is 11.9. The van der Waals surface area contributed by atoms with Gasteiger partial charge in [0.05, 0.1) is 6.54 Å². The van der Waals surface area contributed by atoms with Crippen molar-refractivity contribution in [3.8, 4) is 0 Å². The highest BCUT2D eigenvalue weighted by molar-refractivity contribution is 9.10. The molecule has 0 atom stereocenters. The summed E-state index contributed by atoms with van der Waals surface area (Å²) in [6.45, 7) is 2.70. The zero-order valence-electron chi connectivity index (χ0n) is 9.80. The Kier molecular flexibility index (Phi) is 4.03. The fourth-order valence-electron chi connectivity index (χ4n) is 1.39. The zero-order chi connectivity index (χ0) is 13.0. The van der Waals surface area contributed by atoms with Crippen LogP contribution >= 0.6 is 15.9 Å². The summed E-state index contributed by atoms with van der Waals surface area (Å²) < 4.78 is 0.845. The molecule has 6 nitrogen and oxygen atoms in total. The summed E-state index contributed by atoms with van der Waals surface area (Å²) in [5.41, 5.74) is 0.538. The number of tetrazole rings is 1. The number of nitrogens with zero attached hydrogens (tertiary/aromatic N) is 4. The summed E-state index contributed by atoms with van der Waals surface area (Å²) in [4.78, 5) is 13.3. The molecule has 0 bridgehead atoms. The van der Waals surface area contributed by atoms with Gasteiger partial charge in [0.15, 0.2) is 0 Å². The second-order valence-electron chi connectivity index (χ2n) is 3.67. The van der Waals surface area contributed by atoms with Crippen LogP contribution in [0, 0.1) is 0 Å². The van der Waals surface area contributed by atoms with Crippen LogP contribution in [-0.4, -0.2) is 26.1 Å². The van der Waals surface area contributed by atoms with Crippen LogP contribution in [0.4, 0.5) is 5.95 Å².